The quantitative estimate of drug-likeness (QED) is 0.875. The molecular weight excluding hydrogens is 334 g/mol. The van der Waals surface area contributed by atoms with Crippen LogP contribution in [0.3, 0.4) is 0 Å². The number of rotatable bonds is 5. The highest BCUT2D eigenvalue weighted by Gasteiger charge is 2.24. The summed E-state index contributed by atoms with van der Waals surface area (Å²) >= 11 is 1.59. The van der Waals surface area contributed by atoms with E-state index in [1.165, 1.54) is 24.1 Å². The predicted octanol–water partition coefficient (Wildman–Crippen LogP) is 2.65. The maximum absolute atomic E-state index is 12.5. The lowest BCUT2D eigenvalue weighted by atomic mass is 10.0. The molecule has 25 heavy (non-hydrogen) atoms. The molecule has 0 spiro atoms. The molecule has 1 aromatic heterocycles. The molecule has 3 heterocycles. The van der Waals surface area contributed by atoms with E-state index in [1.54, 1.807) is 11.3 Å². The summed E-state index contributed by atoms with van der Waals surface area (Å²) in [4.78, 5) is 30.7. The van der Waals surface area contributed by atoms with E-state index in [0.717, 1.165) is 36.5 Å². The maximum Gasteiger partial charge on any atom is 0.261 e. The topological polar surface area (TPSA) is 52.7 Å². The lowest BCUT2D eigenvalue weighted by Gasteiger charge is -2.33. The van der Waals surface area contributed by atoms with Crippen LogP contribution in [0.2, 0.25) is 0 Å². The average Bonchev–Trinajstić information content (AvgIpc) is 3.06. The third kappa shape index (κ3) is 4.42. The standard InChI is InChI=1S/C19H29N3O2S/c1-3-18(23)22-10-7-16-15(13-22)12-17(25-16)19(24)20-8-11-21-9-5-4-6-14(21)2/h12,14H,3-11,13H2,1-2H3,(H,20,24). The number of carbonyl (C=O) groups is 2. The highest BCUT2D eigenvalue weighted by Crippen LogP contribution is 2.28. The molecule has 1 atom stereocenters. The fraction of sp³-hybridized carbons (Fsp3) is 0.684. The number of hydrogen-bond acceptors (Lipinski definition) is 4. The van der Waals surface area contributed by atoms with Crippen molar-refractivity contribution < 1.29 is 9.59 Å². The van der Waals surface area contributed by atoms with Crippen LogP contribution >= 0.6 is 11.3 Å². The zero-order valence-electron chi connectivity index (χ0n) is 15.3. The van der Waals surface area contributed by atoms with Gasteiger partial charge in [-0.25, -0.2) is 0 Å². The summed E-state index contributed by atoms with van der Waals surface area (Å²) in [6.07, 6.45) is 5.26. The van der Waals surface area contributed by atoms with E-state index in [2.05, 4.69) is 17.1 Å². The Labute approximate surface area is 154 Å². The molecule has 0 aromatic carbocycles. The van der Waals surface area contributed by atoms with Crippen molar-refractivity contribution in [3.63, 3.8) is 0 Å². The Balaban J connectivity index is 1.52. The summed E-state index contributed by atoms with van der Waals surface area (Å²) in [6, 6.07) is 2.61. The van der Waals surface area contributed by atoms with Crippen LogP contribution in [0, 0.1) is 0 Å². The van der Waals surface area contributed by atoms with Gasteiger partial charge in [-0.2, -0.15) is 0 Å². The molecule has 0 bridgehead atoms. The van der Waals surface area contributed by atoms with Gasteiger partial charge >= 0.3 is 0 Å². The summed E-state index contributed by atoms with van der Waals surface area (Å²) < 4.78 is 0. The van der Waals surface area contributed by atoms with Crippen molar-refractivity contribution in [3.05, 3.63) is 21.4 Å². The minimum absolute atomic E-state index is 0.0254. The number of nitrogens with one attached hydrogen (secondary N) is 1. The summed E-state index contributed by atoms with van der Waals surface area (Å²) in [5, 5.41) is 3.07. The fourth-order valence-corrected chi connectivity index (χ4v) is 4.85. The first-order chi connectivity index (χ1) is 12.1. The second kappa shape index (κ2) is 8.32. The van der Waals surface area contributed by atoms with Gasteiger partial charge in [-0.15, -0.1) is 11.3 Å². The Kier molecular flexibility index (Phi) is 6.12. The number of hydrogen-bond donors (Lipinski definition) is 1. The van der Waals surface area contributed by atoms with Crippen molar-refractivity contribution in [2.75, 3.05) is 26.2 Å². The van der Waals surface area contributed by atoms with Gasteiger partial charge in [0, 0.05) is 43.5 Å². The van der Waals surface area contributed by atoms with Crippen molar-refractivity contribution in [3.8, 4) is 0 Å². The smallest absolute Gasteiger partial charge is 0.261 e. The first-order valence-electron chi connectivity index (χ1n) is 9.50. The predicted molar refractivity (Wildman–Crippen MR) is 101 cm³/mol. The van der Waals surface area contributed by atoms with Gasteiger partial charge in [0.1, 0.15) is 0 Å². The maximum atomic E-state index is 12.5. The molecule has 1 saturated heterocycles. The van der Waals surface area contributed by atoms with Gasteiger partial charge < -0.3 is 10.2 Å². The van der Waals surface area contributed by atoms with Crippen molar-refractivity contribution >= 4 is 23.2 Å². The van der Waals surface area contributed by atoms with E-state index >= 15 is 0 Å². The molecule has 1 N–H and O–H groups in total. The molecular formula is C19H29N3O2S. The van der Waals surface area contributed by atoms with Gasteiger partial charge in [0.2, 0.25) is 5.91 Å². The Bertz CT molecular complexity index is 628. The molecule has 0 radical (unpaired) electrons. The molecule has 1 unspecified atom stereocenters. The van der Waals surface area contributed by atoms with Crippen molar-refractivity contribution in [1.29, 1.82) is 0 Å². The molecule has 1 fully saturated rings. The van der Waals surface area contributed by atoms with Crippen LogP contribution in [-0.2, 0) is 17.8 Å². The van der Waals surface area contributed by atoms with Crippen LogP contribution in [-0.4, -0.2) is 53.8 Å². The number of carbonyl (C=O) groups excluding carboxylic acids is 2. The Hall–Kier alpha value is -1.40. The monoisotopic (exact) mass is 363 g/mol. The number of piperidine rings is 1. The van der Waals surface area contributed by atoms with Crippen molar-refractivity contribution in [2.45, 2.75) is 58.5 Å². The Morgan fingerprint density at radius 3 is 2.92 bits per heavy atom. The van der Waals surface area contributed by atoms with E-state index in [1.807, 2.05) is 17.9 Å². The summed E-state index contributed by atoms with van der Waals surface area (Å²) in [7, 11) is 0. The largest absolute Gasteiger partial charge is 0.350 e. The number of likely N-dealkylation sites (tertiary alicyclic amines) is 1. The zero-order chi connectivity index (χ0) is 17.8. The van der Waals surface area contributed by atoms with Crippen LogP contribution < -0.4 is 5.32 Å². The van der Waals surface area contributed by atoms with Gasteiger partial charge in [-0.05, 0) is 44.4 Å². The Morgan fingerprint density at radius 2 is 2.16 bits per heavy atom. The van der Waals surface area contributed by atoms with Crippen LogP contribution in [0.15, 0.2) is 6.07 Å². The summed E-state index contributed by atoms with van der Waals surface area (Å²) in [5.41, 5.74) is 1.15. The highest BCUT2D eigenvalue weighted by molar-refractivity contribution is 7.14. The highest BCUT2D eigenvalue weighted by atomic mass is 32.1. The van der Waals surface area contributed by atoms with Gasteiger partial charge in [-0.1, -0.05) is 13.3 Å². The molecule has 0 aliphatic carbocycles. The lowest BCUT2D eigenvalue weighted by molar-refractivity contribution is -0.131. The number of thiophene rings is 1. The number of fused-ring (bicyclic) bond motifs is 1. The summed E-state index contributed by atoms with van der Waals surface area (Å²) in [6.45, 7) is 8.37. The van der Waals surface area contributed by atoms with Gasteiger partial charge in [0.15, 0.2) is 0 Å². The third-order valence-corrected chi connectivity index (χ3v) is 6.61. The van der Waals surface area contributed by atoms with Crippen LogP contribution in [0.4, 0.5) is 0 Å². The van der Waals surface area contributed by atoms with E-state index in [4.69, 9.17) is 0 Å². The normalized spacial score (nSPS) is 21.0. The summed E-state index contributed by atoms with van der Waals surface area (Å²) in [5.74, 6) is 0.218. The molecule has 2 amide bonds. The number of amides is 2. The van der Waals surface area contributed by atoms with Crippen LogP contribution in [0.1, 0.15) is 59.6 Å². The minimum Gasteiger partial charge on any atom is -0.350 e. The lowest BCUT2D eigenvalue weighted by Crippen LogP contribution is -2.42. The SMILES string of the molecule is CCC(=O)N1CCc2sc(C(=O)NCCN3CCCCC3C)cc2C1. The van der Waals surface area contributed by atoms with Crippen LogP contribution in [0.5, 0.6) is 0 Å². The van der Waals surface area contributed by atoms with Crippen molar-refractivity contribution in [1.82, 2.24) is 15.1 Å². The van der Waals surface area contributed by atoms with Gasteiger partial charge in [0.05, 0.1) is 4.88 Å². The Morgan fingerprint density at radius 1 is 1.32 bits per heavy atom. The molecule has 6 heteroatoms. The molecule has 138 valence electrons. The first-order valence-corrected chi connectivity index (χ1v) is 10.3. The van der Waals surface area contributed by atoms with Gasteiger partial charge in [-0.3, -0.25) is 14.5 Å². The molecule has 1 aromatic rings. The second-order valence-corrected chi connectivity index (χ2v) is 8.25. The van der Waals surface area contributed by atoms with E-state index < -0.39 is 0 Å². The fourth-order valence-electron chi connectivity index (χ4n) is 3.77. The molecule has 2 aliphatic rings. The zero-order valence-corrected chi connectivity index (χ0v) is 16.2. The first kappa shape index (κ1) is 18.4. The molecule has 2 aliphatic heterocycles. The molecule has 0 saturated carbocycles. The third-order valence-electron chi connectivity index (χ3n) is 5.37. The van der Waals surface area contributed by atoms with Gasteiger partial charge in [0.25, 0.3) is 5.91 Å². The van der Waals surface area contributed by atoms with E-state index in [9.17, 15) is 9.59 Å². The molecule has 3 rings (SSSR count). The second-order valence-electron chi connectivity index (χ2n) is 7.11. The van der Waals surface area contributed by atoms with E-state index in [0.29, 0.717) is 25.6 Å². The van der Waals surface area contributed by atoms with Crippen LogP contribution in [0.25, 0.3) is 0 Å². The minimum atomic E-state index is 0.0254. The average molecular weight is 364 g/mol. The number of nitrogens with zero attached hydrogens (tertiary/aromatic N) is 2. The molecule has 5 nitrogen and oxygen atoms in total. The van der Waals surface area contributed by atoms with E-state index in [-0.39, 0.29) is 11.8 Å². The van der Waals surface area contributed by atoms with Crippen molar-refractivity contribution in [2.24, 2.45) is 0 Å².